The lowest BCUT2D eigenvalue weighted by Gasteiger charge is -2.18. The van der Waals surface area contributed by atoms with Crippen LogP contribution in [0.1, 0.15) is 29.8 Å². The first-order chi connectivity index (χ1) is 12.4. The van der Waals surface area contributed by atoms with Gasteiger partial charge in [0.1, 0.15) is 5.75 Å². The number of carbonyl (C=O) groups is 1. The van der Waals surface area contributed by atoms with Gasteiger partial charge in [0, 0.05) is 24.7 Å². The molecular weight excluding hydrogens is 352 g/mol. The minimum Gasteiger partial charge on any atom is -0.494 e. The van der Waals surface area contributed by atoms with E-state index in [1.165, 1.54) is 11.4 Å². The second kappa shape index (κ2) is 8.71. The summed E-state index contributed by atoms with van der Waals surface area (Å²) in [5, 5.41) is 2.85. The van der Waals surface area contributed by atoms with Gasteiger partial charge < -0.3 is 10.1 Å². The summed E-state index contributed by atoms with van der Waals surface area (Å²) in [7, 11) is -1.82. The highest BCUT2D eigenvalue weighted by Gasteiger charge is 2.16. The van der Waals surface area contributed by atoms with Gasteiger partial charge in [-0.1, -0.05) is 18.2 Å². The van der Waals surface area contributed by atoms with E-state index in [-0.39, 0.29) is 11.7 Å². The number of carbonyl (C=O) groups excluding carboxylic acids is 1. The van der Waals surface area contributed by atoms with Crippen LogP contribution < -0.4 is 14.4 Å². The van der Waals surface area contributed by atoms with Crippen LogP contribution in [0.15, 0.2) is 48.5 Å². The zero-order valence-electron chi connectivity index (χ0n) is 15.2. The van der Waals surface area contributed by atoms with Crippen LogP contribution in [0.4, 0.5) is 5.69 Å². The SMILES string of the molecule is CCOc1ccccc1CNC(=O)c1ccc(N(C)S(=O)(=O)CC)cc1. The number of nitrogens with zero attached hydrogens (tertiary/aromatic N) is 1. The highest BCUT2D eigenvalue weighted by atomic mass is 32.2. The Morgan fingerprint density at radius 2 is 1.73 bits per heavy atom. The largest absolute Gasteiger partial charge is 0.494 e. The van der Waals surface area contributed by atoms with Crippen molar-refractivity contribution in [2.75, 3.05) is 23.7 Å². The quantitative estimate of drug-likeness (QED) is 0.769. The van der Waals surface area contributed by atoms with E-state index in [0.717, 1.165) is 11.3 Å². The summed E-state index contributed by atoms with van der Waals surface area (Å²) in [6.45, 7) is 4.40. The molecule has 0 radical (unpaired) electrons. The fourth-order valence-corrected chi connectivity index (χ4v) is 3.23. The molecule has 0 bridgehead atoms. The lowest BCUT2D eigenvalue weighted by atomic mass is 10.1. The molecule has 1 amide bonds. The number of sulfonamides is 1. The molecule has 0 aliphatic carbocycles. The monoisotopic (exact) mass is 376 g/mol. The van der Waals surface area contributed by atoms with Crippen LogP contribution in [0.5, 0.6) is 5.75 Å². The van der Waals surface area contributed by atoms with Crippen molar-refractivity contribution < 1.29 is 17.9 Å². The van der Waals surface area contributed by atoms with Crippen LogP contribution in [0.3, 0.4) is 0 Å². The van der Waals surface area contributed by atoms with Gasteiger partial charge in [-0.15, -0.1) is 0 Å². The topological polar surface area (TPSA) is 75.7 Å². The van der Waals surface area contributed by atoms with Crippen molar-refractivity contribution in [3.8, 4) is 5.75 Å². The van der Waals surface area contributed by atoms with Crippen LogP contribution in [-0.2, 0) is 16.6 Å². The summed E-state index contributed by atoms with van der Waals surface area (Å²) in [5.74, 6) is 0.534. The van der Waals surface area contributed by atoms with E-state index >= 15 is 0 Å². The number of para-hydroxylation sites is 1. The van der Waals surface area contributed by atoms with Crippen LogP contribution in [0.25, 0.3) is 0 Å². The lowest BCUT2D eigenvalue weighted by Crippen LogP contribution is -2.28. The van der Waals surface area contributed by atoms with Gasteiger partial charge in [-0.05, 0) is 44.2 Å². The molecule has 6 nitrogen and oxygen atoms in total. The average molecular weight is 376 g/mol. The molecule has 0 aromatic heterocycles. The third kappa shape index (κ3) is 4.76. The number of rotatable bonds is 8. The van der Waals surface area contributed by atoms with Gasteiger partial charge in [-0.25, -0.2) is 8.42 Å². The van der Waals surface area contributed by atoms with Crippen molar-refractivity contribution in [2.45, 2.75) is 20.4 Å². The molecule has 1 N–H and O–H groups in total. The molecule has 0 fully saturated rings. The Balaban J connectivity index is 2.05. The van der Waals surface area contributed by atoms with E-state index in [4.69, 9.17) is 4.74 Å². The van der Waals surface area contributed by atoms with Gasteiger partial charge in [-0.2, -0.15) is 0 Å². The summed E-state index contributed by atoms with van der Waals surface area (Å²) in [5.41, 5.74) is 1.88. The maximum Gasteiger partial charge on any atom is 0.251 e. The molecule has 2 aromatic carbocycles. The van der Waals surface area contributed by atoms with Crippen molar-refractivity contribution in [1.82, 2.24) is 5.32 Å². The molecule has 0 aliphatic heterocycles. The minimum atomic E-state index is -3.32. The van der Waals surface area contributed by atoms with Crippen LogP contribution >= 0.6 is 0 Å². The Kier molecular flexibility index (Phi) is 6.63. The fourth-order valence-electron chi connectivity index (χ4n) is 2.40. The molecule has 2 rings (SSSR count). The van der Waals surface area contributed by atoms with Crippen molar-refractivity contribution in [1.29, 1.82) is 0 Å². The van der Waals surface area contributed by atoms with Gasteiger partial charge in [0.2, 0.25) is 10.0 Å². The van der Waals surface area contributed by atoms with E-state index in [2.05, 4.69) is 5.32 Å². The van der Waals surface area contributed by atoms with E-state index in [0.29, 0.717) is 24.4 Å². The smallest absolute Gasteiger partial charge is 0.251 e. The first-order valence-corrected chi connectivity index (χ1v) is 10.1. The molecule has 26 heavy (non-hydrogen) atoms. The predicted octanol–water partition coefficient (Wildman–Crippen LogP) is 2.80. The lowest BCUT2D eigenvalue weighted by molar-refractivity contribution is 0.0950. The molecule has 7 heteroatoms. The normalized spacial score (nSPS) is 11.0. The first-order valence-electron chi connectivity index (χ1n) is 8.44. The van der Waals surface area contributed by atoms with E-state index in [1.807, 2.05) is 31.2 Å². The van der Waals surface area contributed by atoms with Gasteiger partial charge in [0.15, 0.2) is 0 Å². The number of hydrogen-bond donors (Lipinski definition) is 1. The summed E-state index contributed by atoms with van der Waals surface area (Å²) >= 11 is 0. The number of benzene rings is 2. The third-order valence-electron chi connectivity index (χ3n) is 3.99. The Morgan fingerprint density at radius 1 is 1.08 bits per heavy atom. The summed E-state index contributed by atoms with van der Waals surface area (Å²) in [6.07, 6.45) is 0. The maximum absolute atomic E-state index is 12.3. The molecule has 0 aliphatic rings. The molecular formula is C19H24N2O4S. The van der Waals surface area contributed by atoms with Gasteiger partial charge in [0.25, 0.3) is 5.91 Å². The molecule has 0 saturated heterocycles. The number of hydrogen-bond acceptors (Lipinski definition) is 4. The molecule has 0 unspecified atom stereocenters. The standard InChI is InChI=1S/C19H24N2O4S/c1-4-25-18-9-7-6-8-16(18)14-20-19(22)15-10-12-17(13-11-15)21(3)26(23,24)5-2/h6-13H,4-5,14H2,1-3H3,(H,20,22). The highest BCUT2D eigenvalue weighted by Crippen LogP contribution is 2.19. The van der Waals surface area contributed by atoms with E-state index < -0.39 is 10.0 Å². The second-order valence-corrected chi connectivity index (χ2v) is 7.93. The Morgan fingerprint density at radius 3 is 2.35 bits per heavy atom. The number of nitrogens with one attached hydrogen (secondary N) is 1. The van der Waals surface area contributed by atoms with Crippen molar-refractivity contribution in [3.63, 3.8) is 0 Å². The van der Waals surface area contributed by atoms with Crippen LogP contribution in [0, 0.1) is 0 Å². The maximum atomic E-state index is 12.3. The van der Waals surface area contributed by atoms with Gasteiger partial charge in [0.05, 0.1) is 18.0 Å². The zero-order valence-corrected chi connectivity index (χ0v) is 16.0. The van der Waals surface area contributed by atoms with Crippen LogP contribution in [0.2, 0.25) is 0 Å². The summed E-state index contributed by atoms with van der Waals surface area (Å²) < 4.78 is 30.6. The molecule has 0 spiro atoms. The van der Waals surface area contributed by atoms with Crippen LogP contribution in [-0.4, -0.2) is 33.7 Å². The average Bonchev–Trinajstić information content (AvgIpc) is 2.66. The predicted molar refractivity (Wildman–Crippen MR) is 103 cm³/mol. The van der Waals surface area contributed by atoms with Crippen molar-refractivity contribution in [2.24, 2.45) is 0 Å². The fraction of sp³-hybridized carbons (Fsp3) is 0.316. The van der Waals surface area contributed by atoms with E-state index in [9.17, 15) is 13.2 Å². The summed E-state index contributed by atoms with van der Waals surface area (Å²) in [4.78, 5) is 12.3. The van der Waals surface area contributed by atoms with E-state index in [1.54, 1.807) is 31.2 Å². The Hall–Kier alpha value is -2.54. The van der Waals surface area contributed by atoms with Crippen molar-refractivity contribution >= 4 is 21.6 Å². The number of ether oxygens (including phenoxy) is 1. The molecule has 0 heterocycles. The number of anilines is 1. The first kappa shape index (κ1) is 19.8. The Labute approximate surface area is 154 Å². The molecule has 140 valence electrons. The van der Waals surface area contributed by atoms with Gasteiger partial charge in [-0.3, -0.25) is 9.10 Å². The highest BCUT2D eigenvalue weighted by molar-refractivity contribution is 7.92. The Bertz CT molecular complexity index is 848. The second-order valence-electron chi connectivity index (χ2n) is 5.64. The molecule has 0 atom stereocenters. The zero-order chi connectivity index (χ0) is 19.2. The molecule has 2 aromatic rings. The summed E-state index contributed by atoms with van der Waals surface area (Å²) in [6, 6.07) is 14.0. The molecule has 0 saturated carbocycles. The minimum absolute atomic E-state index is 0.0188. The van der Waals surface area contributed by atoms with Gasteiger partial charge >= 0.3 is 0 Å². The van der Waals surface area contributed by atoms with Crippen molar-refractivity contribution in [3.05, 3.63) is 59.7 Å². The third-order valence-corrected chi connectivity index (χ3v) is 5.76. The number of amides is 1.